The summed E-state index contributed by atoms with van der Waals surface area (Å²) < 4.78 is 14.0. The third kappa shape index (κ3) is 4.05. The van der Waals surface area contributed by atoms with Crippen LogP contribution < -0.4 is 10.2 Å². The van der Waals surface area contributed by atoms with E-state index in [2.05, 4.69) is 35.3 Å². The van der Waals surface area contributed by atoms with Crippen LogP contribution in [0.3, 0.4) is 0 Å². The first kappa shape index (κ1) is 15.5. The zero-order valence-corrected chi connectivity index (χ0v) is 12.8. The minimum Gasteiger partial charge on any atom is -0.365 e. The molecule has 2 nitrogen and oxygen atoms in total. The summed E-state index contributed by atoms with van der Waals surface area (Å²) in [6, 6.07) is 15.4. The predicted molar refractivity (Wildman–Crippen MR) is 87.2 cm³/mol. The molecule has 0 unspecified atom stereocenters. The van der Waals surface area contributed by atoms with Crippen molar-refractivity contribution in [1.82, 2.24) is 5.32 Å². The normalized spacial score (nSPS) is 10.6. The smallest absolute Gasteiger partial charge is 0.146 e. The van der Waals surface area contributed by atoms with E-state index in [1.54, 1.807) is 6.07 Å². The second-order valence-electron chi connectivity index (χ2n) is 5.09. The van der Waals surface area contributed by atoms with E-state index < -0.39 is 0 Å². The summed E-state index contributed by atoms with van der Waals surface area (Å²) in [6.45, 7) is 4.52. The number of halogens is 1. The highest BCUT2D eigenvalue weighted by Crippen LogP contribution is 2.22. The maximum atomic E-state index is 14.0. The Bertz CT molecular complexity index is 569. The molecule has 3 heteroatoms. The van der Waals surface area contributed by atoms with Crippen molar-refractivity contribution in [3.63, 3.8) is 0 Å². The lowest BCUT2D eigenvalue weighted by Crippen LogP contribution is -2.24. The van der Waals surface area contributed by atoms with Gasteiger partial charge in [-0.05, 0) is 50.2 Å². The molecule has 0 bridgehead atoms. The van der Waals surface area contributed by atoms with E-state index in [4.69, 9.17) is 0 Å². The van der Waals surface area contributed by atoms with Gasteiger partial charge in [0.05, 0.1) is 5.69 Å². The fourth-order valence-corrected chi connectivity index (χ4v) is 2.50. The average Bonchev–Trinajstić information content (AvgIpc) is 2.52. The molecule has 1 N–H and O–H groups in total. The highest BCUT2D eigenvalue weighted by atomic mass is 19.1. The largest absolute Gasteiger partial charge is 0.365 e. The Hall–Kier alpha value is -1.87. The molecule has 2 aromatic rings. The summed E-state index contributed by atoms with van der Waals surface area (Å²) in [7, 11) is 1.96. The van der Waals surface area contributed by atoms with E-state index >= 15 is 0 Å². The van der Waals surface area contributed by atoms with E-state index in [1.165, 1.54) is 17.2 Å². The maximum Gasteiger partial charge on any atom is 0.146 e. The molecule has 0 aromatic heterocycles. The molecule has 0 aliphatic carbocycles. The molecule has 2 aromatic carbocycles. The van der Waals surface area contributed by atoms with Gasteiger partial charge in [0.2, 0.25) is 0 Å². The van der Waals surface area contributed by atoms with Gasteiger partial charge in [-0.15, -0.1) is 0 Å². The van der Waals surface area contributed by atoms with Crippen molar-refractivity contribution in [2.24, 2.45) is 0 Å². The molecule has 0 amide bonds. The number of likely N-dealkylation sites (N-methyl/N-ethyl adjacent to an activating group) is 1. The Morgan fingerprint density at radius 2 is 1.67 bits per heavy atom. The Kier molecular flexibility index (Phi) is 5.76. The van der Waals surface area contributed by atoms with Crippen molar-refractivity contribution in [2.75, 3.05) is 25.0 Å². The predicted octanol–water partition coefficient (Wildman–Crippen LogP) is 3.61. The summed E-state index contributed by atoms with van der Waals surface area (Å²) >= 11 is 0. The van der Waals surface area contributed by atoms with Crippen LogP contribution in [0.5, 0.6) is 0 Å². The fraction of sp³-hybridized carbons (Fsp3) is 0.333. The van der Waals surface area contributed by atoms with Gasteiger partial charge in [0, 0.05) is 13.1 Å². The molecule has 2 rings (SSSR count). The second kappa shape index (κ2) is 7.79. The number of nitrogens with one attached hydrogen (secondary N) is 1. The van der Waals surface area contributed by atoms with Gasteiger partial charge in [-0.1, -0.05) is 36.4 Å². The first-order chi connectivity index (χ1) is 10.3. The Morgan fingerprint density at radius 1 is 1.00 bits per heavy atom. The fourth-order valence-electron chi connectivity index (χ4n) is 2.50. The molecule has 0 heterocycles. The van der Waals surface area contributed by atoms with Crippen molar-refractivity contribution in [3.8, 4) is 0 Å². The summed E-state index contributed by atoms with van der Waals surface area (Å²) in [6.07, 6.45) is 0.988. The van der Waals surface area contributed by atoms with Crippen LogP contribution in [0.4, 0.5) is 10.1 Å². The van der Waals surface area contributed by atoms with Gasteiger partial charge >= 0.3 is 0 Å². The Balaban J connectivity index is 2.21. The van der Waals surface area contributed by atoms with E-state index in [-0.39, 0.29) is 5.82 Å². The summed E-state index contributed by atoms with van der Waals surface area (Å²) in [5.41, 5.74) is 3.25. The molecule has 21 heavy (non-hydrogen) atoms. The standard InChI is InChI=1S/C18H23FN2/c1-3-21(18-11-7-6-10-17(18)19)14-16-9-5-4-8-15(16)12-13-20-2/h4-11,20H,3,12-14H2,1-2H3. The van der Waals surface area contributed by atoms with E-state index in [0.717, 1.165) is 26.1 Å². The molecule has 0 saturated carbocycles. The topological polar surface area (TPSA) is 15.3 Å². The number of hydrogen-bond acceptors (Lipinski definition) is 2. The lowest BCUT2D eigenvalue weighted by atomic mass is 10.0. The van der Waals surface area contributed by atoms with Gasteiger partial charge in [0.25, 0.3) is 0 Å². The molecule has 0 radical (unpaired) electrons. The second-order valence-corrected chi connectivity index (χ2v) is 5.09. The number of rotatable bonds is 7. The average molecular weight is 286 g/mol. The maximum absolute atomic E-state index is 14.0. The van der Waals surface area contributed by atoms with E-state index in [9.17, 15) is 4.39 Å². The lowest BCUT2D eigenvalue weighted by molar-refractivity contribution is 0.617. The molecule has 0 aliphatic heterocycles. The van der Waals surface area contributed by atoms with Crippen molar-refractivity contribution in [1.29, 1.82) is 0 Å². The van der Waals surface area contributed by atoms with Gasteiger partial charge in [0.15, 0.2) is 0 Å². The molecule has 112 valence electrons. The summed E-state index contributed by atoms with van der Waals surface area (Å²) in [5, 5.41) is 3.18. The molecule has 0 atom stereocenters. The van der Waals surface area contributed by atoms with Gasteiger partial charge in [0.1, 0.15) is 5.82 Å². The van der Waals surface area contributed by atoms with Crippen LogP contribution in [0.25, 0.3) is 0 Å². The van der Waals surface area contributed by atoms with Crippen LogP contribution in [0.15, 0.2) is 48.5 Å². The minimum atomic E-state index is -0.160. The first-order valence-electron chi connectivity index (χ1n) is 7.47. The van der Waals surface area contributed by atoms with Crippen molar-refractivity contribution in [3.05, 3.63) is 65.5 Å². The first-order valence-corrected chi connectivity index (χ1v) is 7.47. The summed E-state index contributed by atoms with van der Waals surface area (Å²) in [5.74, 6) is -0.160. The molecular formula is C18H23FN2. The van der Waals surface area contributed by atoms with Gasteiger partial charge in [-0.25, -0.2) is 4.39 Å². The van der Waals surface area contributed by atoms with Gasteiger partial charge < -0.3 is 10.2 Å². The lowest BCUT2D eigenvalue weighted by Gasteiger charge is -2.25. The molecule has 0 spiro atoms. The van der Waals surface area contributed by atoms with Crippen LogP contribution in [0.2, 0.25) is 0 Å². The zero-order chi connectivity index (χ0) is 15.1. The molecule has 0 fully saturated rings. The van der Waals surface area contributed by atoms with Crippen LogP contribution in [0, 0.1) is 5.82 Å². The molecular weight excluding hydrogens is 263 g/mol. The number of anilines is 1. The minimum absolute atomic E-state index is 0.160. The summed E-state index contributed by atoms with van der Waals surface area (Å²) in [4.78, 5) is 2.08. The van der Waals surface area contributed by atoms with Gasteiger partial charge in [-0.2, -0.15) is 0 Å². The van der Waals surface area contributed by atoms with E-state index in [0.29, 0.717) is 5.69 Å². The van der Waals surface area contributed by atoms with Crippen molar-refractivity contribution < 1.29 is 4.39 Å². The number of nitrogens with zero attached hydrogens (tertiary/aromatic N) is 1. The Morgan fingerprint density at radius 3 is 2.33 bits per heavy atom. The monoisotopic (exact) mass is 286 g/mol. The van der Waals surface area contributed by atoms with E-state index in [1.807, 2.05) is 25.2 Å². The number of benzene rings is 2. The highest BCUT2D eigenvalue weighted by Gasteiger charge is 2.11. The Labute approximate surface area is 126 Å². The molecule has 0 aliphatic rings. The number of hydrogen-bond donors (Lipinski definition) is 1. The van der Waals surface area contributed by atoms with Crippen LogP contribution >= 0.6 is 0 Å². The highest BCUT2D eigenvalue weighted by molar-refractivity contribution is 5.48. The quantitative estimate of drug-likeness (QED) is 0.836. The molecule has 0 saturated heterocycles. The van der Waals surface area contributed by atoms with Crippen molar-refractivity contribution >= 4 is 5.69 Å². The SMILES string of the molecule is CCN(Cc1ccccc1CCNC)c1ccccc1F. The van der Waals surface area contributed by atoms with Crippen LogP contribution in [0.1, 0.15) is 18.1 Å². The number of para-hydroxylation sites is 1. The van der Waals surface area contributed by atoms with Crippen LogP contribution in [-0.4, -0.2) is 20.1 Å². The third-order valence-electron chi connectivity index (χ3n) is 3.70. The third-order valence-corrected chi connectivity index (χ3v) is 3.70. The van der Waals surface area contributed by atoms with Crippen molar-refractivity contribution in [2.45, 2.75) is 19.9 Å². The zero-order valence-electron chi connectivity index (χ0n) is 12.8. The van der Waals surface area contributed by atoms with Gasteiger partial charge in [-0.3, -0.25) is 0 Å². The van der Waals surface area contributed by atoms with Crippen LogP contribution in [-0.2, 0) is 13.0 Å².